The molecule has 0 aliphatic carbocycles. The number of H-pyrrole nitrogens is 1. The number of halogens is 2. The summed E-state index contributed by atoms with van der Waals surface area (Å²) in [5, 5.41) is 10.5. The monoisotopic (exact) mass is 347 g/mol. The Balaban J connectivity index is 1.71. The van der Waals surface area contributed by atoms with Crippen LogP contribution in [0.25, 0.3) is 10.9 Å². The molecule has 0 saturated heterocycles. The average molecular weight is 348 g/mol. The highest BCUT2D eigenvalue weighted by atomic mass is 79.9. The zero-order valence-electron chi connectivity index (χ0n) is 10.9. The van der Waals surface area contributed by atoms with Gasteiger partial charge in [0.15, 0.2) is 0 Å². The Kier molecular flexibility index (Phi) is 3.70. The topological polar surface area (TPSA) is 57.8 Å². The number of amides is 1. The highest BCUT2D eigenvalue weighted by Crippen LogP contribution is 2.19. The van der Waals surface area contributed by atoms with E-state index in [-0.39, 0.29) is 18.1 Å². The van der Waals surface area contributed by atoms with Crippen LogP contribution < -0.4 is 5.32 Å². The normalized spacial score (nSPS) is 10.8. The molecule has 0 atom stereocenters. The number of carbonyl (C=O) groups excluding carboxylic acids is 1. The Bertz CT molecular complexity index is 816. The molecule has 4 nitrogen and oxygen atoms in total. The van der Waals surface area contributed by atoms with Crippen LogP contribution in [0, 0.1) is 5.82 Å². The molecule has 106 valence electrons. The highest BCUT2D eigenvalue weighted by molar-refractivity contribution is 9.10. The molecule has 0 fully saturated rings. The third-order valence-electron chi connectivity index (χ3n) is 3.07. The molecule has 2 N–H and O–H groups in total. The number of benzene rings is 2. The lowest BCUT2D eigenvalue weighted by molar-refractivity contribution is -0.115. The Morgan fingerprint density at radius 3 is 2.95 bits per heavy atom. The van der Waals surface area contributed by atoms with Crippen LogP contribution in [-0.4, -0.2) is 16.1 Å². The third-order valence-corrected chi connectivity index (χ3v) is 3.68. The van der Waals surface area contributed by atoms with Crippen LogP contribution in [0.1, 0.15) is 5.56 Å². The maximum atomic E-state index is 13.1. The number of fused-ring (bicyclic) bond motifs is 1. The summed E-state index contributed by atoms with van der Waals surface area (Å²) in [7, 11) is 0. The van der Waals surface area contributed by atoms with E-state index in [1.807, 2.05) is 12.1 Å². The Hall–Kier alpha value is -2.21. The second-order valence-electron chi connectivity index (χ2n) is 4.65. The van der Waals surface area contributed by atoms with Crippen molar-refractivity contribution in [3.63, 3.8) is 0 Å². The molecule has 0 spiro atoms. The van der Waals surface area contributed by atoms with E-state index < -0.39 is 0 Å². The van der Waals surface area contributed by atoms with Crippen molar-refractivity contribution in [3.8, 4) is 0 Å². The van der Waals surface area contributed by atoms with Crippen molar-refractivity contribution in [3.05, 3.63) is 58.4 Å². The number of nitrogens with one attached hydrogen (secondary N) is 2. The minimum Gasteiger partial charge on any atom is -0.326 e. The van der Waals surface area contributed by atoms with Crippen LogP contribution in [0.3, 0.4) is 0 Å². The van der Waals surface area contributed by atoms with Crippen molar-refractivity contribution in [1.82, 2.24) is 10.2 Å². The minimum atomic E-state index is -0.343. The van der Waals surface area contributed by atoms with Crippen molar-refractivity contribution in [1.29, 1.82) is 0 Å². The molecule has 3 rings (SSSR count). The molecule has 0 radical (unpaired) electrons. The summed E-state index contributed by atoms with van der Waals surface area (Å²) in [5.41, 5.74) is 2.36. The van der Waals surface area contributed by atoms with Crippen molar-refractivity contribution >= 4 is 38.4 Å². The van der Waals surface area contributed by atoms with Crippen molar-refractivity contribution < 1.29 is 9.18 Å². The molecular formula is C15H11BrFN3O. The molecule has 1 aromatic heterocycles. The van der Waals surface area contributed by atoms with E-state index in [0.29, 0.717) is 10.2 Å². The predicted molar refractivity (Wildman–Crippen MR) is 82.5 cm³/mol. The van der Waals surface area contributed by atoms with E-state index in [9.17, 15) is 9.18 Å². The summed E-state index contributed by atoms with van der Waals surface area (Å²) in [6.07, 6.45) is 1.88. The summed E-state index contributed by atoms with van der Waals surface area (Å²) in [6.45, 7) is 0. The van der Waals surface area contributed by atoms with Gasteiger partial charge in [-0.15, -0.1) is 0 Å². The van der Waals surface area contributed by atoms with Crippen LogP contribution in [0.5, 0.6) is 0 Å². The number of anilines is 1. The zero-order valence-corrected chi connectivity index (χ0v) is 12.4. The number of carbonyl (C=O) groups is 1. The summed E-state index contributed by atoms with van der Waals surface area (Å²) in [4.78, 5) is 12.0. The summed E-state index contributed by atoms with van der Waals surface area (Å²) in [5.74, 6) is -0.499. The minimum absolute atomic E-state index is 0.156. The number of rotatable bonds is 3. The molecule has 6 heteroatoms. The van der Waals surface area contributed by atoms with Crippen LogP contribution in [0.15, 0.2) is 47.1 Å². The molecule has 0 saturated carbocycles. The standard InChI is InChI=1S/C15H11BrFN3O/c16-12-5-9(1-3-13(12)17)6-15(21)19-11-2-4-14-10(7-11)8-18-20-14/h1-5,7-8H,6H2,(H,18,20)(H,19,21). The fourth-order valence-electron chi connectivity index (χ4n) is 2.06. The predicted octanol–water partition coefficient (Wildman–Crippen LogP) is 3.65. The summed E-state index contributed by atoms with van der Waals surface area (Å²) in [6, 6.07) is 10.0. The molecule has 0 aliphatic rings. The molecule has 3 aromatic rings. The van der Waals surface area contributed by atoms with Crippen molar-refractivity contribution in [2.45, 2.75) is 6.42 Å². The molecule has 2 aromatic carbocycles. The van der Waals surface area contributed by atoms with Gasteiger partial charge in [0.05, 0.1) is 22.6 Å². The second-order valence-corrected chi connectivity index (χ2v) is 5.50. The SMILES string of the molecule is O=C(Cc1ccc(F)c(Br)c1)Nc1ccc2[nH]ncc2c1. The molecule has 0 unspecified atom stereocenters. The number of aromatic nitrogens is 2. The van der Waals surface area contributed by atoms with Gasteiger partial charge in [-0.25, -0.2) is 4.39 Å². The molecule has 21 heavy (non-hydrogen) atoms. The van der Waals surface area contributed by atoms with Crippen LogP contribution >= 0.6 is 15.9 Å². The number of nitrogens with zero attached hydrogens (tertiary/aromatic N) is 1. The van der Waals surface area contributed by atoms with E-state index in [4.69, 9.17) is 0 Å². The van der Waals surface area contributed by atoms with Gasteiger partial charge in [-0.2, -0.15) is 5.10 Å². The van der Waals surface area contributed by atoms with Crippen molar-refractivity contribution in [2.75, 3.05) is 5.32 Å². The van der Waals surface area contributed by atoms with Gasteiger partial charge < -0.3 is 5.32 Å². The maximum Gasteiger partial charge on any atom is 0.228 e. The van der Waals surface area contributed by atoms with Gasteiger partial charge in [-0.1, -0.05) is 6.07 Å². The number of aromatic amines is 1. The maximum absolute atomic E-state index is 13.1. The van der Waals surface area contributed by atoms with E-state index in [1.165, 1.54) is 6.07 Å². The zero-order chi connectivity index (χ0) is 14.8. The van der Waals surface area contributed by atoms with E-state index in [2.05, 4.69) is 31.4 Å². The van der Waals surface area contributed by atoms with E-state index in [0.717, 1.165) is 16.5 Å². The van der Waals surface area contributed by atoms with Gasteiger partial charge in [0.25, 0.3) is 0 Å². The lowest BCUT2D eigenvalue weighted by Gasteiger charge is -2.06. The van der Waals surface area contributed by atoms with Gasteiger partial charge in [0.1, 0.15) is 5.82 Å². The van der Waals surface area contributed by atoms with Gasteiger partial charge >= 0.3 is 0 Å². The summed E-state index contributed by atoms with van der Waals surface area (Å²) < 4.78 is 13.5. The van der Waals surface area contributed by atoms with E-state index >= 15 is 0 Å². The van der Waals surface area contributed by atoms with Gasteiger partial charge in [0.2, 0.25) is 5.91 Å². The van der Waals surface area contributed by atoms with Gasteiger partial charge in [-0.05, 0) is 51.8 Å². The van der Waals surface area contributed by atoms with E-state index in [1.54, 1.807) is 24.4 Å². The summed E-state index contributed by atoms with van der Waals surface area (Å²) >= 11 is 3.11. The molecular weight excluding hydrogens is 337 g/mol. The smallest absolute Gasteiger partial charge is 0.228 e. The Labute approximate surface area is 128 Å². The fourth-order valence-corrected chi connectivity index (χ4v) is 2.49. The molecule has 1 heterocycles. The first-order chi connectivity index (χ1) is 10.1. The van der Waals surface area contributed by atoms with Crippen LogP contribution in [0.4, 0.5) is 10.1 Å². The first-order valence-corrected chi connectivity index (χ1v) is 7.08. The molecule has 0 aliphatic heterocycles. The average Bonchev–Trinajstić information content (AvgIpc) is 2.90. The van der Waals surface area contributed by atoms with Crippen LogP contribution in [-0.2, 0) is 11.2 Å². The number of hydrogen-bond donors (Lipinski definition) is 2. The largest absolute Gasteiger partial charge is 0.326 e. The fraction of sp³-hybridized carbons (Fsp3) is 0.0667. The lowest BCUT2D eigenvalue weighted by Crippen LogP contribution is -2.14. The quantitative estimate of drug-likeness (QED) is 0.759. The lowest BCUT2D eigenvalue weighted by atomic mass is 10.1. The highest BCUT2D eigenvalue weighted by Gasteiger charge is 2.07. The number of hydrogen-bond acceptors (Lipinski definition) is 2. The van der Waals surface area contributed by atoms with Gasteiger partial charge in [0, 0.05) is 11.1 Å². The molecule has 0 bridgehead atoms. The molecule has 1 amide bonds. The first kappa shape index (κ1) is 13.8. The first-order valence-electron chi connectivity index (χ1n) is 6.29. The van der Waals surface area contributed by atoms with Crippen molar-refractivity contribution in [2.24, 2.45) is 0 Å². The third kappa shape index (κ3) is 3.11. The van der Waals surface area contributed by atoms with Crippen LogP contribution in [0.2, 0.25) is 0 Å². The Morgan fingerprint density at radius 1 is 1.29 bits per heavy atom. The van der Waals surface area contributed by atoms with Gasteiger partial charge in [-0.3, -0.25) is 9.89 Å². The second kappa shape index (κ2) is 5.65. The Morgan fingerprint density at radius 2 is 2.14 bits per heavy atom.